The van der Waals surface area contributed by atoms with Gasteiger partial charge in [-0.3, -0.25) is 14.5 Å². The van der Waals surface area contributed by atoms with Crippen molar-refractivity contribution in [3.63, 3.8) is 0 Å². The molecule has 0 saturated carbocycles. The smallest absolute Gasteiger partial charge is 0.410 e. The molecule has 0 aliphatic heterocycles. The molecule has 0 spiro atoms. The molecule has 126 valence electrons. The highest BCUT2D eigenvalue weighted by Crippen LogP contribution is 2.05. The number of aliphatic carboxylic acids is 1. The van der Waals surface area contributed by atoms with E-state index in [1.807, 2.05) is 6.07 Å². The summed E-state index contributed by atoms with van der Waals surface area (Å²) in [4.78, 5) is 35.5. The van der Waals surface area contributed by atoms with Gasteiger partial charge in [-0.25, -0.2) is 4.79 Å². The highest BCUT2D eigenvalue weighted by Gasteiger charge is 2.29. The Morgan fingerprint density at radius 3 is 2.39 bits per heavy atom. The van der Waals surface area contributed by atoms with Crippen LogP contribution in [0.2, 0.25) is 0 Å². The number of carboxylic acids is 1. The number of nitrogens with one attached hydrogen (secondary N) is 1. The van der Waals surface area contributed by atoms with Crippen LogP contribution in [-0.2, 0) is 20.9 Å². The van der Waals surface area contributed by atoms with Crippen LogP contribution < -0.4 is 5.32 Å². The number of carbonyl (C=O) groups is 3. The Kier molecular flexibility index (Phi) is 7.01. The van der Waals surface area contributed by atoms with Crippen LogP contribution in [0.5, 0.6) is 0 Å². The van der Waals surface area contributed by atoms with Crippen LogP contribution in [0.15, 0.2) is 30.3 Å². The quantitative estimate of drug-likeness (QED) is 0.660. The van der Waals surface area contributed by atoms with E-state index < -0.39 is 36.7 Å². The molecule has 0 bridgehead atoms. The third-order valence-corrected chi connectivity index (χ3v) is 3.17. The first-order valence-electron chi connectivity index (χ1n) is 6.94. The van der Waals surface area contributed by atoms with E-state index in [0.29, 0.717) is 0 Å². The van der Waals surface area contributed by atoms with E-state index in [2.05, 4.69) is 5.32 Å². The Hall–Kier alpha value is -2.61. The summed E-state index contributed by atoms with van der Waals surface area (Å²) in [6, 6.07) is 6.60. The Balaban J connectivity index is 2.60. The second-order valence-electron chi connectivity index (χ2n) is 4.92. The normalized spacial score (nSPS) is 12.8. The molecule has 2 atom stereocenters. The van der Waals surface area contributed by atoms with Crippen molar-refractivity contribution in [3.05, 3.63) is 35.9 Å². The van der Waals surface area contributed by atoms with Gasteiger partial charge in [-0.15, -0.1) is 0 Å². The molecular weight excluding hydrogens is 304 g/mol. The van der Waals surface area contributed by atoms with Crippen LogP contribution in [-0.4, -0.2) is 58.8 Å². The van der Waals surface area contributed by atoms with Crippen LogP contribution >= 0.6 is 0 Å². The molecule has 1 aromatic carbocycles. The fourth-order valence-corrected chi connectivity index (χ4v) is 1.70. The molecule has 3 N–H and O–H groups in total. The van der Waals surface area contributed by atoms with Crippen molar-refractivity contribution in [2.45, 2.75) is 25.6 Å². The van der Waals surface area contributed by atoms with Gasteiger partial charge in [-0.1, -0.05) is 30.3 Å². The summed E-state index contributed by atoms with van der Waals surface area (Å²) < 4.78 is 5.05. The number of amides is 2. The molecule has 0 aromatic heterocycles. The molecule has 0 aliphatic carbocycles. The lowest BCUT2D eigenvalue weighted by Crippen LogP contribution is -2.53. The standard InChI is InChI=1S/C15H20N2O6/c1-10(14(20)21)16-13(19)12(8-18)17(2)15(22)23-9-11-6-4-3-5-7-11/h3-7,10,12,18H,8-9H2,1-2H3,(H,16,19)(H,20,21)/t10-,12+/m0/s1. The van der Waals surface area contributed by atoms with Crippen molar-refractivity contribution < 1.29 is 29.3 Å². The van der Waals surface area contributed by atoms with Crippen LogP contribution in [0.3, 0.4) is 0 Å². The lowest BCUT2D eigenvalue weighted by Gasteiger charge is -2.25. The summed E-state index contributed by atoms with van der Waals surface area (Å²) in [5.74, 6) is -1.99. The summed E-state index contributed by atoms with van der Waals surface area (Å²) in [6.45, 7) is 0.646. The first-order valence-corrected chi connectivity index (χ1v) is 6.94. The predicted molar refractivity (Wildman–Crippen MR) is 80.5 cm³/mol. The van der Waals surface area contributed by atoms with Crippen molar-refractivity contribution >= 4 is 18.0 Å². The fourth-order valence-electron chi connectivity index (χ4n) is 1.70. The predicted octanol–water partition coefficient (Wildman–Crippen LogP) is 0.205. The molecule has 1 aromatic rings. The lowest BCUT2D eigenvalue weighted by atomic mass is 10.2. The average molecular weight is 324 g/mol. The molecular formula is C15H20N2O6. The van der Waals surface area contributed by atoms with Crippen molar-refractivity contribution in [3.8, 4) is 0 Å². The Bertz CT molecular complexity index is 548. The van der Waals surface area contributed by atoms with Gasteiger partial charge in [-0.2, -0.15) is 0 Å². The first kappa shape index (κ1) is 18.4. The van der Waals surface area contributed by atoms with Crippen LogP contribution in [0.4, 0.5) is 4.79 Å². The van der Waals surface area contributed by atoms with Crippen LogP contribution in [0, 0.1) is 0 Å². The Morgan fingerprint density at radius 2 is 1.87 bits per heavy atom. The van der Waals surface area contributed by atoms with Gasteiger partial charge in [0.1, 0.15) is 18.7 Å². The first-order chi connectivity index (χ1) is 10.9. The maximum atomic E-state index is 11.9. The minimum Gasteiger partial charge on any atom is -0.480 e. The number of aliphatic hydroxyl groups excluding tert-OH is 1. The molecule has 1 rings (SSSR count). The van der Waals surface area contributed by atoms with Gasteiger partial charge in [0.15, 0.2) is 0 Å². The van der Waals surface area contributed by atoms with Gasteiger partial charge in [0.2, 0.25) is 5.91 Å². The van der Waals surface area contributed by atoms with E-state index >= 15 is 0 Å². The summed E-state index contributed by atoms with van der Waals surface area (Å²) in [6.07, 6.45) is -0.800. The van der Waals surface area contributed by atoms with Crippen molar-refractivity contribution in [2.24, 2.45) is 0 Å². The molecule has 23 heavy (non-hydrogen) atoms. The number of carbonyl (C=O) groups excluding carboxylic acids is 2. The maximum absolute atomic E-state index is 11.9. The lowest BCUT2D eigenvalue weighted by molar-refractivity contribution is -0.142. The molecule has 8 nitrogen and oxygen atoms in total. The molecule has 8 heteroatoms. The zero-order valence-corrected chi connectivity index (χ0v) is 12.9. The molecule has 0 saturated heterocycles. The third kappa shape index (κ3) is 5.59. The van der Waals surface area contributed by atoms with E-state index in [4.69, 9.17) is 9.84 Å². The third-order valence-electron chi connectivity index (χ3n) is 3.17. The minimum atomic E-state index is -1.24. The van der Waals surface area contributed by atoms with E-state index in [1.54, 1.807) is 24.3 Å². The topological polar surface area (TPSA) is 116 Å². The summed E-state index contributed by atoms with van der Waals surface area (Å²) in [5, 5.41) is 20.2. The van der Waals surface area contributed by atoms with Crippen molar-refractivity contribution in [1.29, 1.82) is 0 Å². The number of rotatable bonds is 7. The van der Waals surface area contributed by atoms with Gasteiger partial charge in [0, 0.05) is 7.05 Å². The van der Waals surface area contributed by atoms with Crippen LogP contribution in [0.25, 0.3) is 0 Å². The Morgan fingerprint density at radius 1 is 1.26 bits per heavy atom. The number of nitrogens with zero attached hydrogens (tertiary/aromatic N) is 1. The second-order valence-corrected chi connectivity index (χ2v) is 4.92. The van der Waals surface area contributed by atoms with E-state index in [9.17, 15) is 19.5 Å². The largest absolute Gasteiger partial charge is 0.480 e. The number of carboxylic acid groups (broad SMARTS) is 1. The summed E-state index contributed by atoms with van der Waals surface area (Å²) in [7, 11) is 1.29. The molecule has 0 heterocycles. The number of likely N-dealkylation sites (N-methyl/N-ethyl adjacent to an activating group) is 1. The SMILES string of the molecule is C[C@H](NC(=O)[C@@H](CO)N(C)C(=O)OCc1ccccc1)C(=O)O. The Labute approximate surface area is 133 Å². The van der Waals surface area contributed by atoms with Gasteiger partial charge in [0.05, 0.1) is 6.61 Å². The average Bonchev–Trinajstić information content (AvgIpc) is 2.53. The van der Waals surface area contributed by atoms with E-state index in [0.717, 1.165) is 10.5 Å². The van der Waals surface area contributed by atoms with Crippen molar-refractivity contribution in [1.82, 2.24) is 10.2 Å². The van der Waals surface area contributed by atoms with Gasteiger partial charge < -0.3 is 20.3 Å². The van der Waals surface area contributed by atoms with Gasteiger partial charge >= 0.3 is 12.1 Å². The number of ether oxygens (including phenoxy) is 1. The molecule has 0 aliphatic rings. The molecule has 0 radical (unpaired) electrons. The second kappa shape index (κ2) is 8.74. The highest BCUT2D eigenvalue weighted by atomic mass is 16.6. The zero-order valence-electron chi connectivity index (χ0n) is 12.9. The number of benzene rings is 1. The number of hydrogen-bond acceptors (Lipinski definition) is 5. The number of aliphatic hydroxyl groups is 1. The van der Waals surface area contributed by atoms with Crippen LogP contribution in [0.1, 0.15) is 12.5 Å². The monoisotopic (exact) mass is 324 g/mol. The fraction of sp³-hybridized carbons (Fsp3) is 0.400. The van der Waals surface area contributed by atoms with Gasteiger partial charge in [0.25, 0.3) is 0 Å². The summed E-state index contributed by atoms with van der Waals surface area (Å²) >= 11 is 0. The molecule has 2 amide bonds. The van der Waals surface area contributed by atoms with Gasteiger partial charge in [-0.05, 0) is 12.5 Å². The van der Waals surface area contributed by atoms with E-state index in [1.165, 1.54) is 14.0 Å². The zero-order chi connectivity index (χ0) is 17.4. The molecule has 0 fully saturated rings. The molecule has 0 unspecified atom stereocenters. The highest BCUT2D eigenvalue weighted by molar-refractivity contribution is 5.89. The number of hydrogen-bond donors (Lipinski definition) is 3. The minimum absolute atomic E-state index is 0.0231. The van der Waals surface area contributed by atoms with Crippen molar-refractivity contribution in [2.75, 3.05) is 13.7 Å². The van der Waals surface area contributed by atoms with E-state index in [-0.39, 0.29) is 6.61 Å². The maximum Gasteiger partial charge on any atom is 0.410 e. The summed E-state index contributed by atoms with van der Waals surface area (Å²) in [5.41, 5.74) is 0.777.